The Morgan fingerprint density at radius 2 is 1.17 bits per heavy atom. The number of thiol groups is 2. The summed E-state index contributed by atoms with van der Waals surface area (Å²) in [5, 5.41) is 34.7. The van der Waals surface area contributed by atoms with Crippen molar-refractivity contribution in [2.24, 2.45) is 33.7 Å². The molecular weight excluding hydrogens is 1060 g/mol. The Balaban J connectivity index is 0.00000501. The molecule has 1 aliphatic heterocycles. The van der Waals surface area contributed by atoms with E-state index in [1.165, 1.54) is 17.0 Å². The summed E-state index contributed by atoms with van der Waals surface area (Å²) in [4.78, 5) is 159. The number of phenolic OH excluding ortho intramolecular Hbond substituents is 1. The molecule has 428 valence electrons. The van der Waals surface area contributed by atoms with Crippen molar-refractivity contribution in [3.63, 3.8) is 0 Å². The fraction of sp³-hybridized carbons (Fsp3) is 0.479. The second kappa shape index (κ2) is 34.5. The molecule has 0 saturated carbocycles. The first-order valence-electron chi connectivity index (χ1n) is 24.4. The van der Waals surface area contributed by atoms with E-state index in [4.69, 9.17) is 38.6 Å². The Morgan fingerprint density at radius 3 is 1.72 bits per heavy atom. The molecule has 1 fully saturated rings. The number of nitrogens with two attached hydrogens (primary N) is 5. The van der Waals surface area contributed by atoms with Crippen LogP contribution in [0.2, 0.25) is 0 Å². The zero-order chi connectivity index (χ0) is 58.5. The van der Waals surface area contributed by atoms with Crippen LogP contribution in [-0.4, -0.2) is 165 Å². The molecule has 19 N–H and O–H groups in total. The lowest BCUT2D eigenvalue weighted by Crippen LogP contribution is -2.61. The van der Waals surface area contributed by atoms with Gasteiger partial charge in [0.05, 0.1) is 13.0 Å². The van der Waals surface area contributed by atoms with Gasteiger partial charge in [-0.15, -0.1) is 0 Å². The molecule has 0 aliphatic carbocycles. The number of phenols is 1. The molecule has 0 radical (unpaired) electrons. The lowest BCUT2D eigenvalue weighted by atomic mass is 10.0. The number of aliphatic carboxylic acids is 1. The van der Waals surface area contributed by atoms with Crippen molar-refractivity contribution in [2.75, 3.05) is 31.1 Å². The minimum atomic E-state index is -1.79. The van der Waals surface area contributed by atoms with Crippen molar-refractivity contribution >= 4 is 102 Å². The normalized spacial score (nSPS) is 14.8. The van der Waals surface area contributed by atoms with Crippen LogP contribution in [0.3, 0.4) is 0 Å². The van der Waals surface area contributed by atoms with E-state index in [0.29, 0.717) is 17.5 Å². The lowest BCUT2D eigenvalue weighted by molar-refractivity contribution is -0.142. The summed E-state index contributed by atoms with van der Waals surface area (Å²) >= 11 is 8.33. The number of carboxylic acids is 1. The summed E-state index contributed by atoms with van der Waals surface area (Å²) in [6.07, 6.45) is -1.24. The Hall–Kier alpha value is -8.15. The maximum absolute atomic E-state index is 14.2. The van der Waals surface area contributed by atoms with Crippen molar-refractivity contribution in [1.82, 2.24) is 42.1 Å². The van der Waals surface area contributed by atoms with Crippen molar-refractivity contribution < 1.29 is 67.7 Å². The maximum atomic E-state index is 14.2. The fourth-order valence-electron chi connectivity index (χ4n) is 7.59. The molecule has 1 saturated heterocycles. The van der Waals surface area contributed by atoms with Gasteiger partial charge in [0.1, 0.15) is 48.0 Å². The van der Waals surface area contributed by atoms with E-state index in [1.54, 1.807) is 42.5 Å². The number of nitrogens with one attached hydrogen (secondary N) is 7. The first-order valence-corrected chi connectivity index (χ1v) is 25.6. The highest BCUT2D eigenvalue weighted by atomic mass is 32.1. The molecule has 30 heteroatoms. The van der Waals surface area contributed by atoms with Crippen LogP contribution in [0.4, 0.5) is 0 Å². The predicted octanol–water partition coefficient (Wildman–Crippen LogP) is -4.79. The molecule has 7 atom stereocenters. The monoisotopic (exact) mass is 1130 g/mol. The Labute approximate surface area is 460 Å². The van der Waals surface area contributed by atoms with Crippen LogP contribution in [0.1, 0.15) is 69.4 Å². The number of aromatic hydroxyl groups is 1. The van der Waals surface area contributed by atoms with Crippen LogP contribution in [0.5, 0.6) is 5.75 Å². The molecule has 1 heterocycles. The van der Waals surface area contributed by atoms with Gasteiger partial charge in [0.25, 0.3) is 5.97 Å². The average Bonchev–Trinajstić information content (AvgIpc) is 3.87. The van der Waals surface area contributed by atoms with E-state index in [9.17, 15) is 57.8 Å². The number of likely N-dealkylation sites (tertiary alicyclic amines) is 1. The smallest absolute Gasteiger partial charge is 0.300 e. The summed E-state index contributed by atoms with van der Waals surface area (Å²) in [5.74, 6) is -10.8. The molecule has 78 heavy (non-hydrogen) atoms. The van der Waals surface area contributed by atoms with E-state index in [1.807, 2.05) is 0 Å². The first-order chi connectivity index (χ1) is 36.8. The fourth-order valence-corrected chi connectivity index (χ4v) is 8.04. The SMILES string of the molecule is CC(=O)O.NC(=O)CC[C@H](NC(=O)[C@H](Cc1ccccc1)NC(=O)[C@H](Cc1ccc(O)cc1)NC(=O)CCS)C(=O)N[C@@H](CC(N)=O)C(=O)N[C@@H](CS)C(=O)N1CCC[C@H]1C(=O)N[C@H](CCCN=C(N)N)C(=O)NCC(N)=O. The van der Waals surface area contributed by atoms with Gasteiger partial charge in [-0.1, -0.05) is 42.5 Å². The molecule has 1 aliphatic rings. The molecule has 2 aromatic carbocycles. The highest BCUT2D eigenvalue weighted by Crippen LogP contribution is 2.20. The van der Waals surface area contributed by atoms with Crippen LogP contribution in [0.25, 0.3) is 0 Å². The minimum absolute atomic E-state index is 0.0233. The van der Waals surface area contributed by atoms with E-state index in [2.05, 4.69) is 67.5 Å². The Kier molecular flexibility index (Phi) is 29.2. The Bertz CT molecular complexity index is 2450. The predicted molar refractivity (Wildman–Crippen MR) is 288 cm³/mol. The van der Waals surface area contributed by atoms with Gasteiger partial charge in [0, 0.05) is 51.4 Å². The van der Waals surface area contributed by atoms with E-state index >= 15 is 0 Å². The topological polar surface area (TPSA) is 475 Å². The third-order valence-electron chi connectivity index (χ3n) is 11.3. The quantitative estimate of drug-likeness (QED) is 0.0146. The maximum Gasteiger partial charge on any atom is 0.300 e. The van der Waals surface area contributed by atoms with Crippen LogP contribution in [0.15, 0.2) is 59.6 Å². The molecule has 3 rings (SSSR count). The zero-order valence-corrected chi connectivity index (χ0v) is 44.6. The highest BCUT2D eigenvalue weighted by molar-refractivity contribution is 7.80. The number of rotatable bonds is 31. The highest BCUT2D eigenvalue weighted by Gasteiger charge is 2.40. The average molecular weight is 1130 g/mol. The molecule has 28 nitrogen and oxygen atoms in total. The molecule has 0 spiro atoms. The van der Waals surface area contributed by atoms with Gasteiger partial charge in [0.2, 0.25) is 65.0 Å². The van der Waals surface area contributed by atoms with E-state index in [0.717, 1.165) is 6.92 Å². The number of hydrogen-bond donors (Lipinski definition) is 16. The van der Waals surface area contributed by atoms with Gasteiger partial charge in [-0.3, -0.25) is 62.5 Å². The van der Waals surface area contributed by atoms with Gasteiger partial charge in [-0.2, -0.15) is 25.3 Å². The van der Waals surface area contributed by atoms with Gasteiger partial charge in [0.15, 0.2) is 5.96 Å². The number of hydrogen-bond acceptors (Lipinski definition) is 16. The summed E-state index contributed by atoms with van der Waals surface area (Å²) in [6.45, 7) is 0.713. The van der Waals surface area contributed by atoms with Crippen LogP contribution in [-0.2, 0) is 70.4 Å². The zero-order valence-electron chi connectivity index (χ0n) is 42.8. The largest absolute Gasteiger partial charge is 0.508 e. The summed E-state index contributed by atoms with van der Waals surface area (Å²) < 4.78 is 0. The van der Waals surface area contributed by atoms with Gasteiger partial charge < -0.3 is 81.0 Å². The van der Waals surface area contributed by atoms with E-state index < -0.39 is 139 Å². The lowest BCUT2D eigenvalue weighted by Gasteiger charge is -2.30. The van der Waals surface area contributed by atoms with Gasteiger partial charge >= 0.3 is 0 Å². The molecule has 0 unspecified atom stereocenters. The minimum Gasteiger partial charge on any atom is -0.508 e. The number of primary amides is 3. The van der Waals surface area contributed by atoms with Crippen LogP contribution >= 0.6 is 25.3 Å². The number of aliphatic imine (C=N–C) groups is 1. The summed E-state index contributed by atoms with van der Waals surface area (Å²) in [6, 6.07) is 4.43. The molecular formula is C48H70N14O14S2. The second-order valence-corrected chi connectivity index (χ2v) is 18.5. The third kappa shape index (κ3) is 25.1. The number of carboxylic acid groups (broad SMARTS) is 1. The van der Waals surface area contributed by atoms with Crippen molar-refractivity contribution in [3.05, 3.63) is 65.7 Å². The third-order valence-corrected chi connectivity index (χ3v) is 11.9. The number of guanidine groups is 1. The van der Waals surface area contributed by atoms with Crippen LogP contribution < -0.4 is 65.9 Å². The number of carbonyl (C=O) groups excluding carboxylic acids is 11. The summed E-state index contributed by atoms with van der Waals surface area (Å²) in [5.41, 5.74) is 27.9. The van der Waals surface area contributed by atoms with Crippen LogP contribution in [0, 0.1) is 0 Å². The standard InChI is InChI=1S/C46H66N14O12S2.C2H4O2/c47-35(62)15-14-29(55-42(69)31(20-25-6-2-1-3-7-25)57-41(68)30(54-38(65)16-19-73)21-26-10-12-27(61)13-11-26)40(67)58-32(22-36(48)63)43(70)59-33(24-74)45(72)60-18-5-9-34(60)44(71)56-28(8-4-17-52-46(50)51)39(66)53-23-37(49)64;1-2(3)4/h1-3,6-7,10-13,28-34,61,73-74H,4-5,8-9,14-24H2,(H2,47,62)(H2,48,63)(H2,49,64)(H,53,66)(H,54,65)(H,55,69)(H,56,71)(H,57,68)(H,58,67)(H,59,70)(H4,50,51,52);1H3,(H,3,4)/t28-,29+,30+,31+,32+,33+,34+;/m1./s1. The van der Waals surface area contributed by atoms with Crippen molar-refractivity contribution in [1.29, 1.82) is 0 Å². The second-order valence-electron chi connectivity index (χ2n) is 17.7. The number of amides is 11. The van der Waals surface area contributed by atoms with Gasteiger partial charge in [-0.25, -0.2) is 0 Å². The molecule has 2 aromatic rings. The number of benzene rings is 2. The molecule has 0 aromatic heterocycles. The Morgan fingerprint density at radius 1 is 0.641 bits per heavy atom. The number of nitrogens with zero attached hydrogens (tertiary/aromatic N) is 2. The van der Waals surface area contributed by atoms with Crippen molar-refractivity contribution in [2.45, 2.75) is 113 Å². The van der Waals surface area contributed by atoms with E-state index in [-0.39, 0.29) is 74.8 Å². The number of carbonyl (C=O) groups is 12. The first kappa shape index (κ1) is 66.0. The summed E-state index contributed by atoms with van der Waals surface area (Å²) in [7, 11) is 0. The van der Waals surface area contributed by atoms with Crippen molar-refractivity contribution in [3.8, 4) is 5.75 Å². The molecule has 11 amide bonds. The van der Waals surface area contributed by atoms with Gasteiger partial charge in [-0.05, 0) is 61.1 Å². The molecule has 0 bridgehead atoms.